The molecule has 3 rings (SSSR count). The zero-order valence-corrected chi connectivity index (χ0v) is 15.1. The molecule has 1 aliphatic rings. The lowest BCUT2D eigenvalue weighted by atomic mass is 10.1. The first-order chi connectivity index (χ1) is 13.1. The van der Waals surface area contributed by atoms with Gasteiger partial charge in [-0.2, -0.15) is 0 Å². The Morgan fingerprint density at radius 2 is 1.85 bits per heavy atom. The fourth-order valence-corrected chi connectivity index (χ4v) is 3.11. The first-order valence-corrected chi connectivity index (χ1v) is 9.10. The van der Waals surface area contributed by atoms with Crippen LogP contribution in [0.4, 0.5) is 4.39 Å². The smallest absolute Gasteiger partial charge is 0.260 e. The Morgan fingerprint density at radius 1 is 1.11 bits per heavy atom. The highest BCUT2D eigenvalue weighted by atomic mass is 19.1. The number of carbonyl (C=O) groups is 2. The van der Waals surface area contributed by atoms with Gasteiger partial charge in [0.1, 0.15) is 0 Å². The van der Waals surface area contributed by atoms with Crippen molar-refractivity contribution < 1.29 is 18.7 Å². The highest BCUT2D eigenvalue weighted by Crippen LogP contribution is 2.18. The number of likely N-dealkylation sites (tertiary alicyclic amines) is 1. The molecular formula is C21H23FN2O3. The maximum Gasteiger partial charge on any atom is 0.260 e. The third kappa shape index (κ3) is 5.29. The summed E-state index contributed by atoms with van der Waals surface area (Å²) in [5.41, 5.74) is 1.17. The van der Waals surface area contributed by atoms with Gasteiger partial charge in [-0.15, -0.1) is 0 Å². The van der Waals surface area contributed by atoms with Crippen LogP contribution in [0, 0.1) is 11.7 Å². The van der Waals surface area contributed by atoms with Crippen molar-refractivity contribution in [2.45, 2.75) is 12.8 Å². The van der Waals surface area contributed by atoms with Crippen molar-refractivity contribution in [1.82, 2.24) is 10.2 Å². The number of nitrogens with one attached hydrogen (secondary N) is 1. The number of rotatable bonds is 7. The number of hydrogen-bond acceptors (Lipinski definition) is 3. The molecule has 0 saturated carbocycles. The Labute approximate surface area is 158 Å². The predicted molar refractivity (Wildman–Crippen MR) is 99.7 cm³/mol. The molecule has 1 atom stereocenters. The molecule has 0 radical (unpaired) electrons. The molecule has 142 valence electrons. The summed E-state index contributed by atoms with van der Waals surface area (Å²) in [5, 5.41) is 2.94. The molecule has 1 saturated heterocycles. The maximum absolute atomic E-state index is 13.5. The van der Waals surface area contributed by atoms with Gasteiger partial charge < -0.3 is 15.0 Å². The molecule has 6 heteroatoms. The van der Waals surface area contributed by atoms with Crippen molar-refractivity contribution in [2.24, 2.45) is 5.92 Å². The molecule has 2 aromatic rings. The van der Waals surface area contributed by atoms with Gasteiger partial charge in [-0.1, -0.05) is 42.5 Å². The monoisotopic (exact) mass is 370 g/mol. The summed E-state index contributed by atoms with van der Waals surface area (Å²) in [4.78, 5) is 26.1. The Morgan fingerprint density at radius 3 is 2.63 bits per heavy atom. The lowest BCUT2D eigenvalue weighted by Gasteiger charge is -2.17. The molecule has 2 amide bonds. The lowest BCUT2D eigenvalue weighted by Crippen LogP contribution is -2.37. The van der Waals surface area contributed by atoms with Crippen LogP contribution in [0.3, 0.4) is 0 Å². The predicted octanol–water partition coefficient (Wildman–Crippen LogP) is 2.41. The fraction of sp³-hybridized carbons (Fsp3) is 0.333. The summed E-state index contributed by atoms with van der Waals surface area (Å²) in [6, 6.07) is 15.9. The van der Waals surface area contributed by atoms with Gasteiger partial charge in [-0.05, 0) is 30.5 Å². The molecule has 0 bridgehead atoms. The van der Waals surface area contributed by atoms with Crippen molar-refractivity contribution in [3.05, 3.63) is 66.0 Å². The quantitative estimate of drug-likeness (QED) is 0.814. The van der Waals surface area contributed by atoms with Gasteiger partial charge in [0.25, 0.3) is 5.91 Å². The number of amides is 2. The second-order valence-corrected chi connectivity index (χ2v) is 6.57. The van der Waals surface area contributed by atoms with Crippen LogP contribution in [-0.2, 0) is 16.0 Å². The molecule has 27 heavy (non-hydrogen) atoms. The summed E-state index contributed by atoms with van der Waals surface area (Å²) < 4.78 is 18.8. The number of hydrogen-bond donors (Lipinski definition) is 1. The zero-order chi connectivity index (χ0) is 19.1. The Balaban J connectivity index is 1.40. The van der Waals surface area contributed by atoms with Crippen LogP contribution in [0.5, 0.6) is 5.75 Å². The number of halogens is 1. The minimum Gasteiger partial charge on any atom is -0.481 e. The van der Waals surface area contributed by atoms with Gasteiger partial charge in [-0.3, -0.25) is 9.59 Å². The normalized spacial score (nSPS) is 16.2. The van der Waals surface area contributed by atoms with Crippen LogP contribution < -0.4 is 10.1 Å². The summed E-state index contributed by atoms with van der Waals surface area (Å²) in [6.07, 6.45) is 1.40. The van der Waals surface area contributed by atoms with E-state index in [2.05, 4.69) is 5.32 Å². The summed E-state index contributed by atoms with van der Waals surface area (Å²) in [6.45, 7) is 1.22. The first kappa shape index (κ1) is 18.9. The molecule has 1 N–H and O–H groups in total. The van der Waals surface area contributed by atoms with E-state index in [1.807, 2.05) is 30.3 Å². The third-order valence-electron chi connectivity index (χ3n) is 4.66. The van der Waals surface area contributed by atoms with E-state index in [4.69, 9.17) is 4.74 Å². The Bertz CT molecular complexity index is 782. The van der Waals surface area contributed by atoms with Crippen molar-refractivity contribution in [3.8, 4) is 5.75 Å². The standard InChI is InChI=1S/C21H23FN2O3/c22-18-8-4-5-9-19(18)27-15-20(25)24-13-11-17(14-24)21(26)23-12-10-16-6-2-1-3-7-16/h1-9,17H,10-15H2,(H,23,26)/t17-/m0/s1. The summed E-state index contributed by atoms with van der Waals surface area (Å²) >= 11 is 0. The molecule has 1 aliphatic heterocycles. The van der Waals surface area contributed by atoms with Crippen LogP contribution in [0.15, 0.2) is 54.6 Å². The van der Waals surface area contributed by atoms with Crippen molar-refractivity contribution >= 4 is 11.8 Å². The molecular weight excluding hydrogens is 347 g/mol. The number of nitrogens with zero attached hydrogens (tertiary/aromatic N) is 1. The van der Waals surface area contributed by atoms with E-state index in [9.17, 15) is 14.0 Å². The van der Waals surface area contributed by atoms with E-state index in [1.165, 1.54) is 17.7 Å². The average Bonchev–Trinajstić information content (AvgIpc) is 3.18. The van der Waals surface area contributed by atoms with Gasteiger partial charge in [0.2, 0.25) is 5.91 Å². The van der Waals surface area contributed by atoms with Gasteiger partial charge in [0.15, 0.2) is 18.2 Å². The van der Waals surface area contributed by atoms with Crippen LogP contribution in [0.25, 0.3) is 0 Å². The van der Waals surface area contributed by atoms with Crippen LogP contribution in [0.1, 0.15) is 12.0 Å². The third-order valence-corrected chi connectivity index (χ3v) is 4.66. The van der Waals surface area contributed by atoms with Gasteiger partial charge in [0, 0.05) is 19.6 Å². The second-order valence-electron chi connectivity index (χ2n) is 6.57. The molecule has 1 fully saturated rings. The highest BCUT2D eigenvalue weighted by Gasteiger charge is 2.31. The van der Waals surface area contributed by atoms with Crippen LogP contribution in [-0.4, -0.2) is 43.0 Å². The molecule has 2 aromatic carbocycles. The molecule has 1 heterocycles. The van der Waals surface area contributed by atoms with Crippen LogP contribution in [0.2, 0.25) is 0 Å². The van der Waals surface area contributed by atoms with E-state index < -0.39 is 5.82 Å². The summed E-state index contributed by atoms with van der Waals surface area (Å²) in [5.74, 6) is -0.921. The number of carbonyl (C=O) groups excluding carboxylic acids is 2. The number of para-hydroxylation sites is 1. The topological polar surface area (TPSA) is 58.6 Å². The minimum atomic E-state index is -0.498. The SMILES string of the molecule is O=C(NCCc1ccccc1)[C@H]1CCN(C(=O)COc2ccccc2F)C1. The van der Waals surface area contributed by atoms with Gasteiger partial charge >= 0.3 is 0 Å². The zero-order valence-electron chi connectivity index (χ0n) is 15.1. The molecule has 0 aromatic heterocycles. The molecule has 0 unspecified atom stereocenters. The van der Waals surface area contributed by atoms with E-state index in [1.54, 1.807) is 17.0 Å². The van der Waals surface area contributed by atoms with E-state index in [0.29, 0.717) is 26.1 Å². The first-order valence-electron chi connectivity index (χ1n) is 9.10. The highest BCUT2D eigenvalue weighted by molar-refractivity contribution is 5.82. The number of ether oxygens (including phenoxy) is 1. The summed E-state index contributed by atoms with van der Waals surface area (Å²) in [7, 11) is 0. The minimum absolute atomic E-state index is 0.0312. The maximum atomic E-state index is 13.5. The van der Waals surface area contributed by atoms with E-state index in [-0.39, 0.29) is 30.1 Å². The van der Waals surface area contributed by atoms with Crippen molar-refractivity contribution in [1.29, 1.82) is 0 Å². The fourth-order valence-electron chi connectivity index (χ4n) is 3.11. The molecule has 0 aliphatic carbocycles. The molecule has 5 nitrogen and oxygen atoms in total. The van der Waals surface area contributed by atoms with Crippen molar-refractivity contribution in [3.63, 3.8) is 0 Å². The van der Waals surface area contributed by atoms with Gasteiger partial charge in [0.05, 0.1) is 5.92 Å². The molecule has 0 spiro atoms. The number of benzene rings is 2. The van der Waals surface area contributed by atoms with E-state index >= 15 is 0 Å². The van der Waals surface area contributed by atoms with Gasteiger partial charge in [-0.25, -0.2) is 4.39 Å². The Kier molecular flexibility index (Phi) is 6.41. The Hall–Kier alpha value is -2.89. The second kappa shape index (κ2) is 9.16. The van der Waals surface area contributed by atoms with E-state index in [0.717, 1.165) is 6.42 Å². The van der Waals surface area contributed by atoms with Crippen LogP contribution >= 0.6 is 0 Å². The lowest BCUT2D eigenvalue weighted by molar-refractivity contribution is -0.132. The average molecular weight is 370 g/mol. The largest absolute Gasteiger partial charge is 0.481 e. The van der Waals surface area contributed by atoms with Crippen molar-refractivity contribution in [2.75, 3.05) is 26.2 Å².